The maximum atomic E-state index is 8.75. The van der Waals surface area contributed by atoms with Gasteiger partial charge in [-0.25, -0.2) is 0 Å². The zero-order chi connectivity index (χ0) is 21.8. The van der Waals surface area contributed by atoms with E-state index >= 15 is 0 Å². The van der Waals surface area contributed by atoms with Crippen LogP contribution in [0.1, 0.15) is 161 Å². The van der Waals surface area contributed by atoms with Crippen molar-refractivity contribution in [3.05, 3.63) is 0 Å². The van der Waals surface area contributed by atoms with Gasteiger partial charge in [-0.2, -0.15) is 0 Å². The van der Waals surface area contributed by atoms with Gasteiger partial charge in [0.05, 0.1) is 0 Å². The van der Waals surface area contributed by atoms with E-state index in [9.17, 15) is 0 Å². The van der Waals surface area contributed by atoms with Gasteiger partial charge in [-0.3, -0.25) is 0 Å². The van der Waals surface area contributed by atoms with Crippen LogP contribution in [-0.2, 0) is 0 Å². The molecule has 0 radical (unpaired) electrons. The van der Waals surface area contributed by atoms with E-state index in [0.717, 1.165) is 6.42 Å². The highest BCUT2D eigenvalue weighted by molar-refractivity contribution is 4.53. The molecule has 0 aliphatic heterocycles. The van der Waals surface area contributed by atoms with Crippen molar-refractivity contribution in [2.75, 3.05) is 19.7 Å². The Morgan fingerprint density at radius 3 is 0.933 bits per heavy atom. The summed E-state index contributed by atoms with van der Waals surface area (Å²) in [6.07, 6.45) is 33.5. The Morgan fingerprint density at radius 1 is 0.367 bits per heavy atom. The molecule has 0 aromatic heterocycles. The van der Waals surface area contributed by atoms with Crippen LogP contribution in [0.3, 0.4) is 0 Å². The third kappa shape index (κ3) is 27.9. The van der Waals surface area contributed by atoms with Crippen molar-refractivity contribution in [3.8, 4) is 0 Å². The number of aliphatic hydroxyl groups is 1. The van der Waals surface area contributed by atoms with Gasteiger partial charge < -0.3 is 10.4 Å². The van der Waals surface area contributed by atoms with Crippen molar-refractivity contribution in [1.29, 1.82) is 0 Å². The van der Waals surface area contributed by atoms with Crippen molar-refractivity contribution in [2.24, 2.45) is 0 Å². The predicted molar refractivity (Wildman–Crippen MR) is 136 cm³/mol. The molecule has 0 unspecified atom stereocenters. The molecule has 0 aliphatic carbocycles. The van der Waals surface area contributed by atoms with E-state index in [1.54, 1.807) is 0 Å². The van der Waals surface area contributed by atoms with E-state index in [2.05, 4.69) is 12.2 Å². The summed E-state index contributed by atoms with van der Waals surface area (Å²) >= 11 is 0. The Morgan fingerprint density at radius 2 is 0.633 bits per heavy atom. The second-order valence-corrected chi connectivity index (χ2v) is 9.61. The highest BCUT2D eigenvalue weighted by Crippen LogP contribution is 2.13. The molecule has 0 saturated carbocycles. The zero-order valence-electron chi connectivity index (χ0n) is 21.0. The minimum atomic E-state index is 0.372. The molecular weight excluding hydrogens is 366 g/mol. The van der Waals surface area contributed by atoms with Crippen LogP contribution < -0.4 is 5.32 Å². The monoisotopic (exact) mass is 425 g/mol. The van der Waals surface area contributed by atoms with Gasteiger partial charge in [-0.05, 0) is 32.4 Å². The molecule has 0 aliphatic rings. The lowest BCUT2D eigenvalue weighted by Crippen LogP contribution is -2.16. The predicted octanol–water partition coefficient (Wildman–Crippen LogP) is 8.95. The molecule has 0 bridgehead atoms. The quantitative estimate of drug-likeness (QED) is 0.129. The van der Waals surface area contributed by atoms with Crippen LogP contribution in [0.4, 0.5) is 0 Å². The molecule has 2 heteroatoms. The highest BCUT2D eigenvalue weighted by atomic mass is 16.2. The summed E-state index contributed by atoms with van der Waals surface area (Å²) in [7, 11) is 0. The Bertz CT molecular complexity index is 254. The van der Waals surface area contributed by atoms with Crippen LogP contribution in [0.15, 0.2) is 0 Å². The average molecular weight is 426 g/mol. The summed E-state index contributed by atoms with van der Waals surface area (Å²) in [4.78, 5) is 0. The summed E-state index contributed by atoms with van der Waals surface area (Å²) in [5.74, 6) is 0. The first-order valence-electron chi connectivity index (χ1n) is 14.2. The number of hydrogen-bond donors (Lipinski definition) is 2. The number of unbranched alkanes of at least 4 members (excludes halogenated alkanes) is 22. The van der Waals surface area contributed by atoms with Gasteiger partial charge in [-0.15, -0.1) is 0 Å². The lowest BCUT2D eigenvalue weighted by atomic mass is 10.0. The summed E-state index contributed by atoms with van der Waals surface area (Å²) in [6, 6.07) is 0. The molecule has 0 saturated heterocycles. The molecule has 2 nitrogen and oxygen atoms in total. The van der Waals surface area contributed by atoms with Crippen molar-refractivity contribution in [3.63, 3.8) is 0 Å². The normalized spacial score (nSPS) is 11.4. The van der Waals surface area contributed by atoms with Crippen LogP contribution in [-0.4, -0.2) is 24.8 Å². The zero-order valence-corrected chi connectivity index (χ0v) is 21.0. The third-order valence-electron chi connectivity index (χ3n) is 6.47. The molecule has 182 valence electrons. The molecule has 0 amide bonds. The van der Waals surface area contributed by atoms with Crippen molar-refractivity contribution in [2.45, 2.75) is 161 Å². The maximum absolute atomic E-state index is 8.75. The molecule has 0 aromatic carbocycles. The molecule has 0 rings (SSSR count). The minimum absolute atomic E-state index is 0.372. The van der Waals surface area contributed by atoms with E-state index in [1.807, 2.05) is 0 Å². The Hall–Kier alpha value is -0.0800. The number of hydrogen-bond acceptors (Lipinski definition) is 2. The fourth-order valence-electron chi connectivity index (χ4n) is 4.35. The molecule has 2 N–H and O–H groups in total. The smallest absolute Gasteiger partial charge is 0.0431 e. The van der Waals surface area contributed by atoms with Gasteiger partial charge in [0.2, 0.25) is 0 Å². The van der Waals surface area contributed by atoms with Gasteiger partial charge in [0, 0.05) is 6.61 Å². The van der Waals surface area contributed by atoms with Gasteiger partial charge in [0.1, 0.15) is 0 Å². The van der Waals surface area contributed by atoms with Crippen LogP contribution in [0.5, 0.6) is 0 Å². The van der Waals surface area contributed by atoms with Crippen molar-refractivity contribution < 1.29 is 5.11 Å². The van der Waals surface area contributed by atoms with Gasteiger partial charge in [0.25, 0.3) is 0 Å². The topological polar surface area (TPSA) is 32.3 Å². The Kier molecular flexibility index (Phi) is 28.8. The van der Waals surface area contributed by atoms with E-state index in [4.69, 9.17) is 5.11 Å². The summed E-state index contributed by atoms with van der Waals surface area (Å²) in [5, 5.41) is 12.4. The lowest BCUT2D eigenvalue weighted by molar-refractivity contribution is 0.282. The highest BCUT2D eigenvalue weighted by Gasteiger charge is 1.96. The Labute approximate surface area is 191 Å². The molecular formula is C28H59NO. The van der Waals surface area contributed by atoms with E-state index in [1.165, 1.54) is 161 Å². The number of aliphatic hydroxyl groups excluding tert-OH is 1. The SMILES string of the molecule is CCCCCCCCCCNCCCCCCCCCCCCCCCCCCO. The van der Waals surface area contributed by atoms with E-state index in [0.29, 0.717) is 6.61 Å². The van der Waals surface area contributed by atoms with Crippen LogP contribution in [0.2, 0.25) is 0 Å². The van der Waals surface area contributed by atoms with Gasteiger partial charge in [0.15, 0.2) is 0 Å². The Balaban J connectivity index is 2.97. The molecule has 0 aromatic rings. The summed E-state index contributed by atoms with van der Waals surface area (Å²) in [5.41, 5.74) is 0. The second-order valence-electron chi connectivity index (χ2n) is 9.61. The molecule has 30 heavy (non-hydrogen) atoms. The van der Waals surface area contributed by atoms with Gasteiger partial charge in [-0.1, -0.05) is 142 Å². The molecule has 0 atom stereocenters. The van der Waals surface area contributed by atoms with Crippen LogP contribution >= 0.6 is 0 Å². The molecule has 0 fully saturated rings. The first-order chi connectivity index (χ1) is 14.9. The molecule has 0 spiro atoms. The number of rotatable bonds is 27. The summed E-state index contributed by atoms with van der Waals surface area (Å²) in [6.45, 7) is 5.13. The van der Waals surface area contributed by atoms with Crippen molar-refractivity contribution in [1.82, 2.24) is 5.32 Å². The standard InChI is InChI=1S/C28H59NO/c1-2-3-4-5-6-17-20-23-26-29-27-24-21-18-15-13-11-9-7-8-10-12-14-16-19-22-25-28-30/h29-30H,2-28H2,1H3. The van der Waals surface area contributed by atoms with E-state index < -0.39 is 0 Å². The van der Waals surface area contributed by atoms with Crippen LogP contribution in [0.25, 0.3) is 0 Å². The minimum Gasteiger partial charge on any atom is -0.396 e. The number of nitrogens with one attached hydrogen (secondary N) is 1. The fraction of sp³-hybridized carbons (Fsp3) is 1.00. The maximum Gasteiger partial charge on any atom is 0.0431 e. The first kappa shape index (κ1) is 29.9. The lowest BCUT2D eigenvalue weighted by Gasteiger charge is -2.06. The van der Waals surface area contributed by atoms with Crippen molar-refractivity contribution >= 4 is 0 Å². The first-order valence-corrected chi connectivity index (χ1v) is 14.2. The second kappa shape index (κ2) is 28.9. The molecule has 0 heterocycles. The fourth-order valence-corrected chi connectivity index (χ4v) is 4.35. The average Bonchev–Trinajstić information content (AvgIpc) is 2.76. The largest absolute Gasteiger partial charge is 0.396 e. The van der Waals surface area contributed by atoms with Crippen LogP contribution in [0, 0.1) is 0 Å². The van der Waals surface area contributed by atoms with E-state index in [-0.39, 0.29) is 0 Å². The summed E-state index contributed by atoms with van der Waals surface area (Å²) < 4.78 is 0. The van der Waals surface area contributed by atoms with Gasteiger partial charge >= 0.3 is 0 Å². The third-order valence-corrected chi connectivity index (χ3v) is 6.47.